The van der Waals surface area contributed by atoms with E-state index >= 15 is 0 Å². The lowest BCUT2D eigenvalue weighted by atomic mass is 10.2. The van der Waals surface area contributed by atoms with Gasteiger partial charge in [0.2, 0.25) is 0 Å². The van der Waals surface area contributed by atoms with Crippen LogP contribution in [0.15, 0.2) is 35.7 Å². The van der Waals surface area contributed by atoms with E-state index in [0.717, 1.165) is 30.5 Å². The van der Waals surface area contributed by atoms with Crippen molar-refractivity contribution in [3.05, 3.63) is 46.2 Å². The Hall–Kier alpha value is -1.52. The molecule has 0 atom stereocenters. The Balaban J connectivity index is 1.57. The van der Waals surface area contributed by atoms with Crippen molar-refractivity contribution in [2.24, 2.45) is 5.92 Å². The quantitative estimate of drug-likeness (QED) is 0.804. The number of rotatable bonds is 8. The zero-order valence-electron chi connectivity index (χ0n) is 12.3. The van der Waals surface area contributed by atoms with Crippen molar-refractivity contribution >= 4 is 11.3 Å². The van der Waals surface area contributed by atoms with Crippen molar-refractivity contribution in [3.8, 4) is 11.5 Å². The molecule has 3 nitrogen and oxygen atoms in total. The Bertz CT molecular complexity index is 564. The first kappa shape index (κ1) is 14.4. The molecule has 2 aromatic rings. The average molecular weight is 303 g/mol. The van der Waals surface area contributed by atoms with Gasteiger partial charge in [0.1, 0.15) is 6.61 Å². The Morgan fingerprint density at radius 1 is 1.24 bits per heavy atom. The number of thiophene rings is 1. The van der Waals surface area contributed by atoms with Gasteiger partial charge in [0.15, 0.2) is 11.5 Å². The van der Waals surface area contributed by atoms with Gasteiger partial charge in [-0.15, -0.1) is 11.3 Å². The summed E-state index contributed by atoms with van der Waals surface area (Å²) in [6, 6.07) is 10.3. The largest absolute Gasteiger partial charge is 0.493 e. The number of methoxy groups -OCH3 is 1. The topological polar surface area (TPSA) is 30.5 Å². The fourth-order valence-electron chi connectivity index (χ4n) is 2.23. The molecule has 0 bridgehead atoms. The minimum Gasteiger partial charge on any atom is -0.493 e. The highest BCUT2D eigenvalue weighted by Gasteiger charge is 2.20. The van der Waals surface area contributed by atoms with Crippen molar-refractivity contribution in [2.45, 2.75) is 26.0 Å². The molecule has 0 saturated heterocycles. The summed E-state index contributed by atoms with van der Waals surface area (Å²) < 4.78 is 11.3. The second-order valence-electron chi connectivity index (χ2n) is 5.43. The highest BCUT2D eigenvalue weighted by Crippen LogP contribution is 2.30. The van der Waals surface area contributed by atoms with Gasteiger partial charge in [-0.25, -0.2) is 0 Å². The molecule has 3 rings (SSSR count). The standard InChI is InChI=1S/C17H21NO2S/c1-19-17-9-14(11-18-10-13-4-5-13)6-7-16(17)20-12-15-3-2-8-21-15/h2-3,6-9,13,18H,4-5,10-12H2,1H3. The van der Waals surface area contributed by atoms with E-state index in [0.29, 0.717) is 6.61 Å². The zero-order chi connectivity index (χ0) is 14.5. The Kier molecular flexibility index (Phi) is 4.78. The second kappa shape index (κ2) is 6.96. The lowest BCUT2D eigenvalue weighted by Gasteiger charge is -2.12. The molecule has 0 aliphatic heterocycles. The average Bonchev–Trinajstić information content (AvgIpc) is 3.18. The fraction of sp³-hybridized carbons (Fsp3) is 0.412. The summed E-state index contributed by atoms with van der Waals surface area (Å²) >= 11 is 1.70. The van der Waals surface area contributed by atoms with Crippen molar-refractivity contribution < 1.29 is 9.47 Å². The van der Waals surface area contributed by atoms with Gasteiger partial charge in [0.05, 0.1) is 7.11 Å². The van der Waals surface area contributed by atoms with Crippen LogP contribution in [0.5, 0.6) is 11.5 Å². The third-order valence-electron chi connectivity index (χ3n) is 3.64. The monoisotopic (exact) mass is 303 g/mol. The lowest BCUT2D eigenvalue weighted by Crippen LogP contribution is -2.16. The van der Waals surface area contributed by atoms with E-state index in [-0.39, 0.29) is 0 Å². The molecule has 1 aromatic heterocycles. The van der Waals surface area contributed by atoms with Gasteiger partial charge in [-0.2, -0.15) is 0 Å². The molecule has 1 saturated carbocycles. The van der Waals surface area contributed by atoms with Crippen LogP contribution in [0.2, 0.25) is 0 Å². The first-order valence-electron chi connectivity index (χ1n) is 7.38. The number of nitrogens with one attached hydrogen (secondary N) is 1. The van der Waals surface area contributed by atoms with Crippen LogP contribution in [0.3, 0.4) is 0 Å². The third kappa shape index (κ3) is 4.22. The predicted molar refractivity (Wildman–Crippen MR) is 86.1 cm³/mol. The Morgan fingerprint density at radius 2 is 2.14 bits per heavy atom. The van der Waals surface area contributed by atoms with Gasteiger partial charge in [0.25, 0.3) is 0 Å². The summed E-state index contributed by atoms with van der Waals surface area (Å²) in [5.74, 6) is 2.51. The zero-order valence-corrected chi connectivity index (χ0v) is 13.1. The van der Waals surface area contributed by atoms with E-state index in [4.69, 9.17) is 9.47 Å². The maximum Gasteiger partial charge on any atom is 0.161 e. The van der Waals surface area contributed by atoms with Crippen molar-refractivity contribution in [1.29, 1.82) is 0 Å². The summed E-state index contributed by atoms with van der Waals surface area (Å²) in [5.41, 5.74) is 1.23. The number of hydrogen-bond donors (Lipinski definition) is 1. The van der Waals surface area contributed by atoms with Crippen LogP contribution < -0.4 is 14.8 Å². The van der Waals surface area contributed by atoms with Gasteiger partial charge in [0, 0.05) is 11.4 Å². The Labute approximate surface area is 129 Å². The molecule has 1 heterocycles. The minimum absolute atomic E-state index is 0.591. The van der Waals surface area contributed by atoms with Gasteiger partial charge in [-0.1, -0.05) is 12.1 Å². The fourth-order valence-corrected chi connectivity index (χ4v) is 2.84. The Morgan fingerprint density at radius 3 is 2.86 bits per heavy atom. The van der Waals surface area contributed by atoms with E-state index in [1.54, 1.807) is 18.4 Å². The summed E-state index contributed by atoms with van der Waals surface area (Å²) in [4.78, 5) is 1.22. The molecule has 1 aliphatic carbocycles. The van der Waals surface area contributed by atoms with Crippen molar-refractivity contribution in [1.82, 2.24) is 5.32 Å². The van der Waals surface area contributed by atoms with Crippen molar-refractivity contribution in [2.75, 3.05) is 13.7 Å². The molecule has 0 radical (unpaired) electrons. The van der Waals surface area contributed by atoms with E-state index in [1.807, 2.05) is 12.1 Å². The SMILES string of the molecule is COc1cc(CNCC2CC2)ccc1OCc1cccs1. The molecule has 0 spiro atoms. The third-order valence-corrected chi connectivity index (χ3v) is 4.49. The smallest absolute Gasteiger partial charge is 0.161 e. The molecular weight excluding hydrogens is 282 g/mol. The lowest BCUT2D eigenvalue weighted by molar-refractivity contribution is 0.287. The number of ether oxygens (including phenoxy) is 2. The highest BCUT2D eigenvalue weighted by molar-refractivity contribution is 7.09. The van der Waals surface area contributed by atoms with Crippen LogP contribution in [0.1, 0.15) is 23.3 Å². The van der Waals surface area contributed by atoms with E-state index in [2.05, 4.69) is 28.9 Å². The highest BCUT2D eigenvalue weighted by atomic mass is 32.1. The minimum atomic E-state index is 0.591. The molecule has 21 heavy (non-hydrogen) atoms. The van der Waals surface area contributed by atoms with Gasteiger partial charge in [-0.3, -0.25) is 0 Å². The van der Waals surface area contributed by atoms with Crippen LogP contribution >= 0.6 is 11.3 Å². The molecule has 0 unspecified atom stereocenters. The van der Waals surface area contributed by atoms with Crippen LogP contribution in [0, 0.1) is 5.92 Å². The predicted octanol–water partition coefficient (Wildman–Crippen LogP) is 3.84. The van der Waals surface area contributed by atoms with Crippen molar-refractivity contribution in [3.63, 3.8) is 0 Å². The molecule has 0 amide bonds. The second-order valence-corrected chi connectivity index (χ2v) is 6.46. The van der Waals surface area contributed by atoms with Gasteiger partial charge >= 0.3 is 0 Å². The molecular formula is C17H21NO2S. The molecule has 1 aromatic carbocycles. The van der Waals surface area contributed by atoms with Crippen LogP contribution in [0.4, 0.5) is 0 Å². The molecule has 4 heteroatoms. The summed E-state index contributed by atoms with van der Waals surface area (Å²) in [6.07, 6.45) is 2.76. The molecule has 112 valence electrons. The molecule has 1 N–H and O–H groups in total. The first-order valence-corrected chi connectivity index (χ1v) is 8.26. The first-order chi connectivity index (χ1) is 10.3. The maximum atomic E-state index is 5.85. The van der Waals surface area contributed by atoms with E-state index < -0.39 is 0 Å². The summed E-state index contributed by atoms with van der Waals surface area (Å²) in [5, 5.41) is 5.55. The number of benzene rings is 1. The van der Waals surface area contributed by atoms with Crippen LogP contribution in [-0.2, 0) is 13.2 Å². The summed E-state index contributed by atoms with van der Waals surface area (Å²) in [6.45, 7) is 2.60. The van der Waals surface area contributed by atoms with E-state index in [9.17, 15) is 0 Å². The molecule has 1 fully saturated rings. The summed E-state index contributed by atoms with van der Waals surface area (Å²) in [7, 11) is 1.69. The van der Waals surface area contributed by atoms with Crippen LogP contribution in [-0.4, -0.2) is 13.7 Å². The maximum absolute atomic E-state index is 5.85. The van der Waals surface area contributed by atoms with Gasteiger partial charge in [-0.05, 0) is 54.4 Å². The van der Waals surface area contributed by atoms with E-state index in [1.165, 1.54) is 23.3 Å². The van der Waals surface area contributed by atoms with Gasteiger partial charge < -0.3 is 14.8 Å². The van der Waals surface area contributed by atoms with Crippen LogP contribution in [0.25, 0.3) is 0 Å². The normalized spacial score (nSPS) is 14.1. The number of hydrogen-bond acceptors (Lipinski definition) is 4. The molecule has 1 aliphatic rings.